The molecule has 2 aliphatic rings. The van der Waals surface area contributed by atoms with Gasteiger partial charge in [0.1, 0.15) is 0 Å². The zero-order valence-electron chi connectivity index (χ0n) is 17.1. The molecule has 2 heterocycles. The SMILES string of the molecule is Cc1cccc(C(=O)N2CCC[C@H](N3CCN(c4ccccc4C)CC3)C2)c1. The average Bonchev–Trinajstić information content (AvgIpc) is 2.74. The fourth-order valence-electron chi connectivity index (χ4n) is 4.64. The van der Waals surface area contributed by atoms with Gasteiger partial charge in [-0.15, -0.1) is 0 Å². The second kappa shape index (κ2) is 8.36. The fraction of sp³-hybridized carbons (Fsp3) is 0.458. The summed E-state index contributed by atoms with van der Waals surface area (Å²) in [5.41, 5.74) is 4.68. The van der Waals surface area contributed by atoms with Crippen LogP contribution in [0.3, 0.4) is 0 Å². The molecule has 2 aromatic carbocycles. The Morgan fingerprint density at radius 1 is 0.929 bits per heavy atom. The number of carbonyl (C=O) groups excluding carboxylic acids is 1. The third-order valence-corrected chi connectivity index (χ3v) is 6.24. The van der Waals surface area contributed by atoms with Crippen molar-refractivity contribution in [3.63, 3.8) is 0 Å². The van der Waals surface area contributed by atoms with Gasteiger partial charge in [0, 0.05) is 56.6 Å². The molecule has 0 spiro atoms. The minimum atomic E-state index is 0.187. The summed E-state index contributed by atoms with van der Waals surface area (Å²) in [4.78, 5) is 20.1. The Kier molecular flexibility index (Phi) is 5.67. The summed E-state index contributed by atoms with van der Waals surface area (Å²) in [6.45, 7) is 10.3. The molecular formula is C24H31N3O. The van der Waals surface area contributed by atoms with Crippen molar-refractivity contribution >= 4 is 11.6 Å². The van der Waals surface area contributed by atoms with Crippen molar-refractivity contribution in [2.24, 2.45) is 0 Å². The molecule has 2 aliphatic heterocycles. The van der Waals surface area contributed by atoms with Gasteiger partial charge in [-0.05, 0) is 50.5 Å². The first-order chi connectivity index (χ1) is 13.6. The van der Waals surface area contributed by atoms with E-state index in [2.05, 4.69) is 45.9 Å². The molecule has 1 amide bonds. The van der Waals surface area contributed by atoms with Gasteiger partial charge in [-0.25, -0.2) is 0 Å². The quantitative estimate of drug-likeness (QED) is 0.815. The van der Waals surface area contributed by atoms with Crippen molar-refractivity contribution in [1.82, 2.24) is 9.80 Å². The maximum Gasteiger partial charge on any atom is 0.253 e. The standard InChI is InChI=1S/C24H31N3O/c1-19-7-5-9-21(17-19)24(28)27-12-6-10-22(18-27)25-13-15-26(16-14-25)23-11-4-3-8-20(23)2/h3-5,7-9,11,17,22H,6,10,12-16,18H2,1-2H3/t22-/m0/s1. The van der Waals surface area contributed by atoms with Gasteiger partial charge in [-0.1, -0.05) is 35.9 Å². The largest absolute Gasteiger partial charge is 0.369 e. The Bertz CT molecular complexity index is 826. The Hall–Kier alpha value is -2.33. The van der Waals surface area contributed by atoms with Crippen LogP contribution in [0.1, 0.15) is 34.3 Å². The van der Waals surface area contributed by atoms with E-state index in [-0.39, 0.29) is 5.91 Å². The number of likely N-dealkylation sites (tertiary alicyclic amines) is 1. The van der Waals surface area contributed by atoms with Gasteiger partial charge in [0.05, 0.1) is 0 Å². The molecule has 1 atom stereocenters. The molecule has 2 fully saturated rings. The maximum atomic E-state index is 13.0. The van der Waals surface area contributed by atoms with Gasteiger partial charge in [0.15, 0.2) is 0 Å². The van der Waals surface area contributed by atoms with E-state index in [1.54, 1.807) is 0 Å². The van der Waals surface area contributed by atoms with E-state index in [1.807, 2.05) is 31.2 Å². The zero-order valence-corrected chi connectivity index (χ0v) is 17.1. The Morgan fingerprint density at radius 3 is 2.46 bits per heavy atom. The predicted molar refractivity (Wildman–Crippen MR) is 115 cm³/mol. The average molecular weight is 378 g/mol. The number of hydrogen-bond donors (Lipinski definition) is 0. The highest BCUT2D eigenvalue weighted by Crippen LogP contribution is 2.24. The highest BCUT2D eigenvalue weighted by molar-refractivity contribution is 5.94. The second-order valence-electron chi connectivity index (χ2n) is 8.23. The van der Waals surface area contributed by atoms with Crippen LogP contribution < -0.4 is 4.90 Å². The van der Waals surface area contributed by atoms with Gasteiger partial charge in [0.2, 0.25) is 0 Å². The minimum Gasteiger partial charge on any atom is -0.369 e. The lowest BCUT2D eigenvalue weighted by molar-refractivity contribution is 0.0563. The topological polar surface area (TPSA) is 26.8 Å². The molecule has 0 bridgehead atoms. The first-order valence-corrected chi connectivity index (χ1v) is 10.5. The number of piperazine rings is 1. The monoisotopic (exact) mass is 377 g/mol. The molecule has 4 rings (SSSR count). The lowest BCUT2D eigenvalue weighted by atomic mass is 10.0. The molecule has 28 heavy (non-hydrogen) atoms. The summed E-state index contributed by atoms with van der Waals surface area (Å²) in [7, 11) is 0. The number of carbonyl (C=O) groups is 1. The summed E-state index contributed by atoms with van der Waals surface area (Å²) in [5, 5.41) is 0. The Morgan fingerprint density at radius 2 is 1.71 bits per heavy atom. The number of aryl methyl sites for hydroxylation is 2. The van der Waals surface area contributed by atoms with Gasteiger partial charge in [0.25, 0.3) is 5.91 Å². The molecule has 4 heteroatoms. The van der Waals surface area contributed by atoms with E-state index in [1.165, 1.54) is 17.7 Å². The van der Waals surface area contributed by atoms with Crippen molar-refractivity contribution < 1.29 is 4.79 Å². The van der Waals surface area contributed by atoms with Crippen LogP contribution in [0.15, 0.2) is 48.5 Å². The fourth-order valence-corrected chi connectivity index (χ4v) is 4.64. The summed E-state index contributed by atoms with van der Waals surface area (Å²) < 4.78 is 0. The molecule has 0 saturated carbocycles. The van der Waals surface area contributed by atoms with E-state index < -0.39 is 0 Å². The molecule has 148 valence electrons. The number of anilines is 1. The number of amides is 1. The third kappa shape index (κ3) is 4.07. The van der Waals surface area contributed by atoms with E-state index >= 15 is 0 Å². The first-order valence-electron chi connectivity index (χ1n) is 10.5. The van der Waals surface area contributed by atoms with Crippen LogP contribution in [0, 0.1) is 13.8 Å². The summed E-state index contributed by atoms with van der Waals surface area (Å²) >= 11 is 0. The molecule has 0 aromatic heterocycles. The highest BCUT2D eigenvalue weighted by atomic mass is 16.2. The molecule has 0 radical (unpaired) electrons. The van der Waals surface area contributed by atoms with Crippen LogP contribution in [-0.2, 0) is 0 Å². The highest BCUT2D eigenvalue weighted by Gasteiger charge is 2.30. The molecule has 4 nitrogen and oxygen atoms in total. The summed E-state index contributed by atoms with van der Waals surface area (Å²) in [6, 6.07) is 17.1. The van der Waals surface area contributed by atoms with E-state index in [0.29, 0.717) is 6.04 Å². The number of rotatable bonds is 3. The van der Waals surface area contributed by atoms with Crippen LogP contribution >= 0.6 is 0 Å². The lowest BCUT2D eigenvalue weighted by Crippen LogP contribution is -2.56. The molecule has 2 aromatic rings. The number of nitrogens with zero attached hydrogens (tertiary/aromatic N) is 3. The van der Waals surface area contributed by atoms with E-state index in [9.17, 15) is 4.79 Å². The van der Waals surface area contributed by atoms with Crippen molar-refractivity contribution in [2.75, 3.05) is 44.2 Å². The van der Waals surface area contributed by atoms with E-state index in [4.69, 9.17) is 0 Å². The molecule has 0 aliphatic carbocycles. The molecule has 0 unspecified atom stereocenters. The third-order valence-electron chi connectivity index (χ3n) is 6.24. The smallest absolute Gasteiger partial charge is 0.253 e. The van der Waals surface area contributed by atoms with Crippen molar-refractivity contribution in [3.05, 3.63) is 65.2 Å². The van der Waals surface area contributed by atoms with Crippen LogP contribution in [0.2, 0.25) is 0 Å². The van der Waals surface area contributed by atoms with Crippen LogP contribution in [0.25, 0.3) is 0 Å². The molecule has 0 N–H and O–H groups in total. The van der Waals surface area contributed by atoms with Crippen molar-refractivity contribution in [1.29, 1.82) is 0 Å². The Labute approximate surface area is 168 Å². The number of para-hydroxylation sites is 1. The van der Waals surface area contributed by atoms with Gasteiger partial charge < -0.3 is 9.80 Å². The van der Waals surface area contributed by atoms with Crippen molar-refractivity contribution in [2.45, 2.75) is 32.7 Å². The minimum absolute atomic E-state index is 0.187. The van der Waals surface area contributed by atoms with E-state index in [0.717, 1.165) is 56.8 Å². The second-order valence-corrected chi connectivity index (χ2v) is 8.23. The Balaban J connectivity index is 1.37. The van der Waals surface area contributed by atoms with Crippen LogP contribution in [-0.4, -0.2) is 61.0 Å². The van der Waals surface area contributed by atoms with Crippen molar-refractivity contribution in [3.8, 4) is 0 Å². The van der Waals surface area contributed by atoms with Crippen LogP contribution in [0.5, 0.6) is 0 Å². The zero-order chi connectivity index (χ0) is 19.5. The van der Waals surface area contributed by atoms with Gasteiger partial charge >= 0.3 is 0 Å². The summed E-state index contributed by atoms with van der Waals surface area (Å²) in [5.74, 6) is 0.187. The molecule has 2 saturated heterocycles. The van der Waals surface area contributed by atoms with Gasteiger partial charge in [-0.2, -0.15) is 0 Å². The predicted octanol–water partition coefficient (Wildman–Crippen LogP) is 3.73. The van der Waals surface area contributed by atoms with Crippen LogP contribution in [0.4, 0.5) is 5.69 Å². The molecular weight excluding hydrogens is 346 g/mol. The lowest BCUT2D eigenvalue weighted by Gasteiger charge is -2.44. The number of benzene rings is 2. The first kappa shape index (κ1) is 19.0. The number of piperidine rings is 1. The normalized spacial score (nSPS) is 21.0. The number of hydrogen-bond acceptors (Lipinski definition) is 3. The summed E-state index contributed by atoms with van der Waals surface area (Å²) in [6.07, 6.45) is 2.29. The maximum absolute atomic E-state index is 13.0. The van der Waals surface area contributed by atoms with Gasteiger partial charge in [-0.3, -0.25) is 9.69 Å².